The lowest BCUT2D eigenvalue weighted by atomic mass is 10.1. The van der Waals surface area contributed by atoms with Crippen LogP contribution < -0.4 is 0 Å². The molecule has 0 rings (SSSR count). The minimum atomic E-state index is -0.801. The molecule has 0 spiro atoms. The molecule has 0 saturated heterocycles. The van der Waals surface area contributed by atoms with E-state index in [0.717, 1.165) is 109 Å². The first-order valence-corrected chi connectivity index (χ1v) is 21.6. The fourth-order valence-corrected chi connectivity index (χ4v) is 5.48. The van der Waals surface area contributed by atoms with Gasteiger partial charge in [0.15, 0.2) is 6.10 Å². The van der Waals surface area contributed by atoms with E-state index in [-0.39, 0.29) is 31.1 Å². The number of allylic oxidation sites excluding steroid dienone is 14. The number of esters is 3. The first-order chi connectivity index (χ1) is 26.5. The number of hydrogen-bond acceptors (Lipinski definition) is 6. The maximum Gasteiger partial charge on any atom is 0.306 e. The van der Waals surface area contributed by atoms with Crippen LogP contribution in [-0.4, -0.2) is 37.2 Å². The smallest absolute Gasteiger partial charge is 0.306 e. The van der Waals surface area contributed by atoms with E-state index in [1.807, 2.05) is 24.3 Å². The molecule has 0 aromatic rings. The van der Waals surface area contributed by atoms with E-state index >= 15 is 0 Å². The number of ether oxygens (including phenoxy) is 3. The van der Waals surface area contributed by atoms with Gasteiger partial charge in [0.2, 0.25) is 0 Å². The molecular formula is C48H78O6. The molecule has 0 aliphatic heterocycles. The highest BCUT2D eigenvalue weighted by molar-refractivity contribution is 5.71. The largest absolute Gasteiger partial charge is 0.462 e. The molecule has 0 aromatic heterocycles. The Morgan fingerprint density at radius 1 is 0.407 bits per heavy atom. The number of carbonyl (C=O) groups excluding carboxylic acids is 3. The molecule has 6 nitrogen and oxygen atoms in total. The number of unbranched alkanes of at least 4 members (excludes halogenated alkanes) is 15. The molecule has 0 saturated carbocycles. The van der Waals surface area contributed by atoms with Gasteiger partial charge in [-0.2, -0.15) is 0 Å². The molecule has 0 aliphatic rings. The Bertz CT molecular complexity index is 1090. The van der Waals surface area contributed by atoms with Crippen LogP contribution in [0.2, 0.25) is 0 Å². The van der Waals surface area contributed by atoms with Crippen LogP contribution in [0.3, 0.4) is 0 Å². The van der Waals surface area contributed by atoms with Crippen molar-refractivity contribution in [2.75, 3.05) is 13.2 Å². The number of rotatable bonds is 37. The van der Waals surface area contributed by atoms with Crippen molar-refractivity contribution in [3.05, 3.63) is 85.1 Å². The van der Waals surface area contributed by atoms with Crippen LogP contribution in [-0.2, 0) is 28.6 Å². The van der Waals surface area contributed by atoms with Gasteiger partial charge < -0.3 is 14.2 Å². The molecule has 0 fully saturated rings. The lowest BCUT2D eigenvalue weighted by Gasteiger charge is -2.18. The summed E-state index contributed by atoms with van der Waals surface area (Å²) in [5.41, 5.74) is 0. The van der Waals surface area contributed by atoms with Crippen LogP contribution in [0.25, 0.3) is 0 Å². The minimum Gasteiger partial charge on any atom is -0.462 e. The molecule has 1 atom stereocenters. The molecule has 6 heteroatoms. The molecular weight excluding hydrogens is 673 g/mol. The normalized spacial score (nSPS) is 12.9. The van der Waals surface area contributed by atoms with Gasteiger partial charge in [0, 0.05) is 19.3 Å². The quantitative estimate of drug-likeness (QED) is 0.0207. The van der Waals surface area contributed by atoms with E-state index in [1.54, 1.807) is 0 Å². The molecule has 0 radical (unpaired) electrons. The summed E-state index contributed by atoms with van der Waals surface area (Å²) in [7, 11) is 0. The van der Waals surface area contributed by atoms with E-state index < -0.39 is 6.10 Å². The highest BCUT2D eigenvalue weighted by Gasteiger charge is 2.19. The first kappa shape index (κ1) is 50.6. The van der Waals surface area contributed by atoms with Gasteiger partial charge in [0.25, 0.3) is 0 Å². The zero-order chi connectivity index (χ0) is 39.4. The third kappa shape index (κ3) is 39.8. The van der Waals surface area contributed by atoms with Gasteiger partial charge >= 0.3 is 17.9 Å². The molecule has 0 amide bonds. The van der Waals surface area contributed by atoms with E-state index in [9.17, 15) is 14.4 Å². The van der Waals surface area contributed by atoms with Crippen molar-refractivity contribution in [2.45, 2.75) is 187 Å². The van der Waals surface area contributed by atoms with Crippen molar-refractivity contribution in [1.82, 2.24) is 0 Å². The van der Waals surface area contributed by atoms with Crippen LogP contribution in [0, 0.1) is 0 Å². The summed E-state index contributed by atoms with van der Waals surface area (Å²) in [6.45, 7) is 6.26. The standard InChI is InChI=1S/C48H78O6/c1-4-7-10-13-16-19-21-23-24-25-27-29-32-35-38-41-47(50)53-44-45(43-52-46(49)40-37-34-31-28-18-15-12-9-6-3)54-48(51)42-39-36-33-30-26-22-20-17-14-11-8-5-2/h7,9-10,12-13,16-21,23-24,28,45H,4-6,8,11,14-15,22,25-27,29-44H2,1-3H3/b10-7-,12-9-,16-13-,20-17-,21-19-,24-23-,28-18-. The summed E-state index contributed by atoms with van der Waals surface area (Å²) in [5.74, 6) is -0.983. The SMILES string of the molecule is CC\C=C/C=C\C=C/C=C\CCCCCCCC(=O)OCC(COC(=O)CCCC/C=C\C/C=C\CC)OC(=O)CCCCCCC/C=C\CCCCC. The van der Waals surface area contributed by atoms with Crippen molar-refractivity contribution < 1.29 is 28.6 Å². The predicted octanol–water partition coefficient (Wildman–Crippen LogP) is 13.7. The molecule has 306 valence electrons. The zero-order valence-electron chi connectivity index (χ0n) is 34.7. The summed E-state index contributed by atoms with van der Waals surface area (Å²) in [4.78, 5) is 37.6. The lowest BCUT2D eigenvalue weighted by Crippen LogP contribution is -2.30. The van der Waals surface area contributed by atoms with Crippen molar-refractivity contribution >= 4 is 17.9 Å². The van der Waals surface area contributed by atoms with E-state index in [0.29, 0.717) is 19.3 Å². The summed E-state index contributed by atoms with van der Waals surface area (Å²) >= 11 is 0. The summed E-state index contributed by atoms with van der Waals surface area (Å²) in [6.07, 6.45) is 52.9. The van der Waals surface area contributed by atoms with E-state index in [2.05, 4.69) is 81.5 Å². The summed E-state index contributed by atoms with van der Waals surface area (Å²) in [5, 5.41) is 0. The average Bonchev–Trinajstić information content (AvgIpc) is 3.17. The second-order valence-electron chi connectivity index (χ2n) is 13.9. The van der Waals surface area contributed by atoms with Crippen LogP contribution in [0.1, 0.15) is 181 Å². The topological polar surface area (TPSA) is 78.9 Å². The Morgan fingerprint density at radius 3 is 1.39 bits per heavy atom. The second-order valence-corrected chi connectivity index (χ2v) is 13.9. The Hall–Kier alpha value is -3.41. The van der Waals surface area contributed by atoms with Gasteiger partial charge in [-0.25, -0.2) is 0 Å². The van der Waals surface area contributed by atoms with Crippen molar-refractivity contribution in [2.24, 2.45) is 0 Å². The number of hydrogen-bond donors (Lipinski definition) is 0. The first-order valence-electron chi connectivity index (χ1n) is 21.6. The van der Waals surface area contributed by atoms with Gasteiger partial charge in [-0.15, -0.1) is 0 Å². The Morgan fingerprint density at radius 2 is 0.815 bits per heavy atom. The van der Waals surface area contributed by atoms with Crippen LogP contribution in [0.5, 0.6) is 0 Å². The summed E-state index contributed by atoms with van der Waals surface area (Å²) in [6, 6.07) is 0. The maximum absolute atomic E-state index is 12.7. The second kappa shape index (κ2) is 42.3. The molecule has 0 aromatic carbocycles. The third-order valence-corrected chi connectivity index (χ3v) is 8.71. The third-order valence-electron chi connectivity index (χ3n) is 8.71. The highest BCUT2D eigenvalue weighted by atomic mass is 16.6. The summed E-state index contributed by atoms with van der Waals surface area (Å²) < 4.78 is 16.6. The molecule has 54 heavy (non-hydrogen) atoms. The fourth-order valence-electron chi connectivity index (χ4n) is 5.48. The molecule has 0 heterocycles. The Labute approximate surface area is 331 Å². The van der Waals surface area contributed by atoms with Gasteiger partial charge in [0.1, 0.15) is 13.2 Å². The monoisotopic (exact) mass is 751 g/mol. The molecule has 0 bridgehead atoms. The van der Waals surface area contributed by atoms with Gasteiger partial charge in [-0.1, -0.05) is 157 Å². The highest BCUT2D eigenvalue weighted by Crippen LogP contribution is 2.12. The predicted molar refractivity (Wildman–Crippen MR) is 228 cm³/mol. The van der Waals surface area contributed by atoms with Crippen molar-refractivity contribution in [1.29, 1.82) is 0 Å². The van der Waals surface area contributed by atoms with E-state index in [4.69, 9.17) is 14.2 Å². The fraction of sp³-hybridized carbons (Fsp3) is 0.646. The van der Waals surface area contributed by atoms with Crippen LogP contribution >= 0.6 is 0 Å². The molecule has 1 unspecified atom stereocenters. The average molecular weight is 751 g/mol. The van der Waals surface area contributed by atoms with Crippen molar-refractivity contribution in [3.63, 3.8) is 0 Å². The molecule has 0 N–H and O–H groups in total. The maximum atomic E-state index is 12.7. The van der Waals surface area contributed by atoms with Crippen LogP contribution in [0.4, 0.5) is 0 Å². The van der Waals surface area contributed by atoms with Gasteiger partial charge in [-0.05, 0) is 89.9 Å². The van der Waals surface area contributed by atoms with Gasteiger partial charge in [0.05, 0.1) is 0 Å². The number of carbonyl (C=O) groups is 3. The minimum absolute atomic E-state index is 0.104. The van der Waals surface area contributed by atoms with Gasteiger partial charge in [-0.3, -0.25) is 14.4 Å². The lowest BCUT2D eigenvalue weighted by molar-refractivity contribution is -0.167. The Kier molecular flexibility index (Phi) is 39.7. The Balaban J connectivity index is 4.46. The van der Waals surface area contributed by atoms with E-state index in [1.165, 1.54) is 32.1 Å². The zero-order valence-corrected chi connectivity index (χ0v) is 34.7. The van der Waals surface area contributed by atoms with Crippen molar-refractivity contribution in [3.8, 4) is 0 Å². The van der Waals surface area contributed by atoms with Crippen LogP contribution in [0.15, 0.2) is 85.1 Å². The molecule has 0 aliphatic carbocycles.